The van der Waals surface area contributed by atoms with Gasteiger partial charge in [-0.3, -0.25) is 0 Å². The fourth-order valence-electron chi connectivity index (χ4n) is 3.35. The van der Waals surface area contributed by atoms with Crippen molar-refractivity contribution in [3.8, 4) is 0 Å². The Morgan fingerprint density at radius 3 is 1.50 bits per heavy atom. The zero-order valence-corrected chi connectivity index (χ0v) is 11.8. The van der Waals surface area contributed by atoms with Crippen LogP contribution in [0.4, 0.5) is 0 Å². The molecule has 0 unspecified atom stereocenters. The monoisotopic (exact) mass is 287 g/mol. The Kier molecular flexibility index (Phi) is 4.72. The maximum absolute atomic E-state index is 7.99. The van der Waals surface area contributed by atoms with Crippen molar-refractivity contribution < 1.29 is 0 Å². The molecular formula is C13H23N2Se. The zero-order valence-electron chi connectivity index (χ0n) is 10.1. The van der Waals surface area contributed by atoms with Gasteiger partial charge in [-0.1, -0.05) is 0 Å². The first-order chi connectivity index (χ1) is 7.79. The molecule has 0 spiro atoms. The van der Waals surface area contributed by atoms with Gasteiger partial charge in [0, 0.05) is 0 Å². The van der Waals surface area contributed by atoms with Gasteiger partial charge in [-0.25, -0.2) is 0 Å². The number of amidine groups is 1. The number of hydrogen-bond donors (Lipinski definition) is 1. The van der Waals surface area contributed by atoms with Crippen LogP contribution in [0.5, 0.6) is 0 Å². The Balaban J connectivity index is 1.99. The van der Waals surface area contributed by atoms with Crippen LogP contribution in [0.1, 0.15) is 64.2 Å². The van der Waals surface area contributed by atoms with Crippen LogP contribution >= 0.6 is 0 Å². The Hall–Kier alpha value is -0.0105. The fraction of sp³-hybridized carbons (Fsp3) is 0.923. The van der Waals surface area contributed by atoms with Crippen LogP contribution < -0.4 is 0 Å². The summed E-state index contributed by atoms with van der Waals surface area (Å²) in [6, 6.07) is 1.32. The summed E-state index contributed by atoms with van der Waals surface area (Å²) in [5, 5.41) is 7.99. The number of nitrogens with one attached hydrogen (secondary N) is 1. The second kappa shape index (κ2) is 6.07. The molecule has 3 heteroatoms. The summed E-state index contributed by atoms with van der Waals surface area (Å²) in [6.07, 6.45) is 13.5. The van der Waals surface area contributed by atoms with Gasteiger partial charge in [0.15, 0.2) is 0 Å². The average Bonchev–Trinajstić information content (AvgIpc) is 2.31. The van der Waals surface area contributed by atoms with E-state index in [2.05, 4.69) is 20.9 Å². The summed E-state index contributed by atoms with van der Waals surface area (Å²) in [4.78, 5) is 2.42. The maximum atomic E-state index is 7.99. The van der Waals surface area contributed by atoms with Gasteiger partial charge in [-0.15, -0.1) is 0 Å². The molecule has 0 aromatic heterocycles. The fourth-order valence-corrected chi connectivity index (χ4v) is 3.97. The molecule has 2 nitrogen and oxygen atoms in total. The average molecular weight is 286 g/mol. The van der Waals surface area contributed by atoms with Crippen LogP contribution in [0.2, 0.25) is 0 Å². The first-order valence-corrected chi connectivity index (χ1v) is 7.68. The van der Waals surface area contributed by atoms with E-state index in [9.17, 15) is 0 Å². The van der Waals surface area contributed by atoms with E-state index in [-0.39, 0.29) is 0 Å². The summed E-state index contributed by atoms with van der Waals surface area (Å²) in [7, 11) is 0. The molecule has 2 saturated carbocycles. The van der Waals surface area contributed by atoms with Crippen LogP contribution in [-0.4, -0.2) is 37.7 Å². The number of rotatable bonds is 2. The molecule has 0 bridgehead atoms. The summed E-state index contributed by atoms with van der Waals surface area (Å²) in [5.74, 6) is 0. The van der Waals surface area contributed by atoms with E-state index in [1.54, 1.807) is 0 Å². The van der Waals surface area contributed by atoms with Crippen molar-refractivity contribution in [2.24, 2.45) is 0 Å². The standard InChI is InChI=1S/C13H23N2Se/c14-13(16)15(11-7-3-1-4-8-11)12-9-5-2-6-10-12/h11-12,14H,1-10H2. The first kappa shape index (κ1) is 12.4. The van der Waals surface area contributed by atoms with Gasteiger partial charge >= 0.3 is 107 Å². The van der Waals surface area contributed by atoms with Gasteiger partial charge in [0.1, 0.15) is 0 Å². The summed E-state index contributed by atoms with van der Waals surface area (Å²) in [5.41, 5.74) is 0. The van der Waals surface area contributed by atoms with Crippen LogP contribution in [0.3, 0.4) is 0 Å². The molecule has 0 aromatic carbocycles. The van der Waals surface area contributed by atoms with Gasteiger partial charge in [0.05, 0.1) is 0 Å². The van der Waals surface area contributed by atoms with E-state index in [0.717, 1.165) is 0 Å². The Morgan fingerprint density at radius 2 is 1.19 bits per heavy atom. The van der Waals surface area contributed by atoms with Crippen molar-refractivity contribution in [3.05, 3.63) is 0 Å². The predicted molar refractivity (Wildman–Crippen MR) is 69.1 cm³/mol. The van der Waals surface area contributed by atoms with E-state index >= 15 is 0 Å². The molecule has 2 rings (SSSR count). The van der Waals surface area contributed by atoms with Gasteiger partial charge in [0.25, 0.3) is 0 Å². The molecular weight excluding hydrogens is 263 g/mol. The molecule has 0 aliphatic heterocycles. The SMILES string of the molecule is N=C([Se])N(C1CCCCC1)C1CCCCC1. The minimum absolute atomic E-state index is 0.658. The van der Waals surface area contributed by atoms with Crippen LogP contribution in [0.15, 0.2) is 0 Å². The van der Waals surface area contributed by atoms with Crippen molar-refractivity contribution in [1.82, 2.24) is 4.90 Å². The van der Waals surface area contributed by atoms with E-state index < -0.39 is 0 Å². The third-order valence-electron chi connectivity index (χ3n) is 4.17. The first-order valence-electron chi connectivity index (χ1n) is 6.83. The summed E-state index contributed by atoms with van der Waals surface area (Å²) in [6.45, 7) is 0. The molecule has 91 valence electrons. The van der Waals surface area contributed by atoms with Crippen molar-refractivity contribution in [2.45, 2.75) is 76.3 Å². The molecule has 16 heavy (non-hydrogen) atoms. The third kappa shape index (κ3) is 3.01. The van der Waals surface area contributed by atoms with Gasteiger partial charge in [0.2, 0.25) is 0 Å². The molecule has 0 saturated heterocycles. The van der Waals surface area contributed by atoms with Crippen LogP contribution in [0.25, 0.3) is 0 Å². The topological polar surface area (TPSA) is 27.1 Å². The Labute approximate surface area is 107 Å². The van der Waals surface area contributed by atoms with Gasteiger partial charge < -0.3 is 0 Å². The van der Waals surface area contributed by atoms with Crippen molar-refractivity contribution in [1.29, 1.82) is 5.41 Å². The van der Waals surface area contributed by atoms with Gasteiger partial charge in [-0.2, -0.15) is 0 Å². The summed E-state index contributed by atoms with van der Waals surface area (Å²) >= 11 is 2.94. The van der Waals surface area contributed by atoms with E-state index in [4.69, 9.17) is 5.41 Å². The second-order valence-corrected chi connectivity index (χ2v) is 6.11. The Morgan fingerprint density at radius 1 is 0.812 bits per heavy atom. The molecule has 1 N–H and O–H groups in total. The minimum atomic E-state index is 0.658. The normalized spacial score (nSPS) is 24.2. The predicted octanol–water partition coefficient (Wildman–Crippen LogP) is 3.06. The van der Waals surface area contributed by atoms with Crippen LogP contribution in [0, 0.1) is 5.41 Å². The van der Waals surface area contributed by atoms with E-state index in [1.165, 1.54) is 64.2 Å². The van der Waals surface area contributed by atoms with Crippen molar-refractivity contribution in [3.63, 3.8) is 0 Å². The molecule has 2 aliphatic rings. The Bertz CT molecular complexity index is 212. The second-order valence-electron chi connectivity index (χ2n) is 5.30. The van der Waals surface area contributed by atoms with Gasteiger partial charge in [-0.05, 0) is 0 Å². The van der Waals surface area contributed by atoms with E-state index in [0.29, 0.717) is 16.8 Å². The number of hydrogen-bond acceptors (Lipinski definition) is 1. The van der Waals surface area contributed by atoms with Crippen LogP contribution in [-0.2, 0) is 0 Å². The van der Waals surface area contributed by atoms with Crippen molar-refractivity contribution >= 4 is 20.7 Å². The molecule has 0 atom stereocenters. The quantitative estimate of drug-likeness (QED) is 0.471. The summed E-state index contributed by atoms with van der Waals surface area (Å²) < 4.78 is 0.693. The van der Waals surface area contributed by atoms with E-state index in [1.807, 2.05) is 0 Å². The molecule has 0 heterocycles. The third-order valence-corrected chi connectivity index (χ3v) is 4.61. The molecule has 2 aliphatic carbocycles. The number of nitrogens with zero attached hydrogens (tertiary/aromatic N) is 1. The molecule has 2 fully saturated rings. The molecule has 1 radical (unpaired) electrons. The zero-order chi connectivity index (χ0) is 11.4. The van der Waals surface area contributed by atoms with Crippen molar-refractivity contribution in [2.75, 3.05) is 0 Å². The molecule has 0 aromatic rings. The molecule has 0 amide bonds.